The highest BCUT2D eigenvalue weighted by atomic mass is 33.1. The Balaban J connectivity index is 2.52. The maximum atomic E-state index is 14.7. The average Bonchev–Trinajstić information content (AvgIpc) is 3.71. The van der Waals surface area contributed by atoms with Crippen molar-refractivity contribution < 1.29 is 58.5 Å². The number of nitrogens with two attached hydrogens (primary N) is 1. The van der Waals surface area contributed by atoms with Gasteiger partial charge in [-0.15, -0.1) is 0 Å². The first-order chi connectivity index (χ1) is 32.9. The largest absolute Gasteiger partial charge is 0.394 e. The molecule has 1 aromatic heterocycles. The number of primary amides is 1. The van der Waals surface area contributed by atoms with Gasteiger partial charge < -0.3 is 57.9 Å². The van der Waals surface area contributed by atoms with Gasteiger partial charge in [-0.25, -0.2) is 4.72 Å². The van der Waals surface area contributed by atoms with E-state index in [-0.39, 0.29) is 49.5 Å². The fourth-order valence-corrected chi connectivity index (χ4v) is 9.79. The zero-order valence-corrected chi connectivity index (χ0v) is 43.6. The van der Waals surface area contributed by atoms with Crippen LogP contribution in [0.5, 0.6) is 0 Å². The molecule has 13 N–H and O–H groups in total. The molecule has 0 saturated carbocycles. The van der Waals surface area contributed by atoms with Gasteiger partial charge >= 0.3 is 0 Å². The van der Waals surface area contributed by atoms with Crippen molar-refractivity contribution in [3.05, 3.63) is 36.0 Å². The Hall–Kier alpha value is -4.40. The number of para-hydroxylation sites is 1. The molecule has 70 heavy (non-hydrogen) atoms. The Bertz CT molecular complexity index is 2100. The van der Waals surface area contributed by atoms with Crippen LogP contribution in [-0.4, -0.2) is 160 Å². The Morgan fingerprint density at radius 3 is 2.09 bits per heavy atom. The lowest BCUT2D eigenvalue weighted by molar-refractivity contribution is -0.135. The smallest absolute Gasteiger partial charge is 0.243 e. The summed E-state index contributed by atoms with van der Waals surface area (Å²) >= 11 is 4.24. The number of fused-ring (bicyclic) bond motifs is 1. The fraction of sp³-hybridized carbons (Fsp3) is 0.630. The van der Waals surface area contributed by atoms with E-state index in [0.717, 1.165) is 32.7 Å². The minimum Gasteiger partial charge on any atom is -0.394 e. The predicted molar refractivity (Wildman–Crippen MR) is 272 cm³/mol. The highest BCUT2D eigenvalue weighted by Crippen LogP contribution is 2.33. The highest BCUT2D eigenvalue weighted by Gasteiger charge is 2.37. The molecule has 5 amide bonds. The van der Waals surface area contributed by atoms with E-state index < -0.39 is 119 Å². The second-order valence-electron chi connectivity index (χ2n) is 18.4. The van der Waals surface area contributed by atoms with Gasteiger partial charge in [0.2, 0.25) is 29.5 Å². The van der Waals surface area contributed by atoms with Crippen molar-refractivity contribution in [2.75, 3.05) is 39.0 Å². The Kier molecular flexibility index (Phi) is 26.9. The van der Waals surface area contributed by atoms with Gasteiger partial charge in [-0.1, -0.05) is 63.6 Å². The molecular weight excluding hydrogens is 967 g/mol. The first-order valence-corrected chi connectivity index (χ1v) is 25.9. The lowest BCUT2D eigenvalue weighted by Gasteiger charge is -2.28. The molecule has 0 fully saturated rings. The molecule has 1 heterocycles. The molecule has 0 aliphatic rings. The molecule has 9 atom stereocenters. The van der Waals surface area contributed by atoms with Crippen LogP contribution in [0.4, 0.5) is 0 Å². The summed E-state index contributed by atoms with van der Waals surface area (Å²) in [5.74, 6) is -7.51. The fourth-order valence-electron chi connectivity index (χ4n) is 7.01. The number of H-pyrrole nitrogens is 1. The van der Waals surface area contributed by atoms with Crippen LogP contribution in [0.15, 0.2) is 30.5 Å². The Labute approximate surface area is 422 Å². The highest BCUT2D eigenvalue weighted by molar-refractivity contribution is 8.76. The number of benzene rings is 1. The Morgan fingerprint density at radius 2 is 1.51 bits per heavy atom. The minimum atomic E-state index is -1.50. The van der Waals surface area contributed by atoms with E-state index in [2.05, 4.69) is 54.2 Å². The SMILES string of the molecule is CNCC[C@H](NCC(=O)CC[C@@H](CC(SSNC(CS)C(=O)NCC(=O)N[C@H](C(N)=O)[C@@H](C)O)C(=O)[C@@H](O)C(C)C)C(=O)N[C@@H](Cc1c[nH]c2ccccc12)C(=O)N[C@@H](CO)C(=O)C(C)(C)C)C(C)=O. The number of carbonyl (C=O) groups is 9. The number of Topliss-reactive ketones (excluding diaryl/α,β-unsaturated/α-hetero) is 4. The summed E-state index contributed by atoms with van der Waals surface area (Å²) in [6.45, 7) is 9.81. The summed E-state index contributed by atoms with van der Waals surface area (Å²) in [7, 11) is 3.44. The van der Waals surface area contributed by atoms with Crippen molar-refractivity contribution >= 4 is 98.0 Å². The third-order valence-corrected chi connectivity index (χ3v) is 14.0. The van der Waals surface area contributed by atoms with Gasteiger partial charge in [0.1, 0.15) is 41.8 Å². The molecule has 24 heteroatoms. The molecule has 0 aliphatic heterocycles. The molecule has 0 spiro atoms. The summed E-state index contributed by atoms with van der Waals surface area (Å²) in [4.78, 5) is 122. The van der Waals surface area contributed by atoms with E-state index in [4.69, 9.17) is 5.73 Å². The maximum Gasteiger partial charge on any atom is 0.243 e. The van der Waals surface area contributed by atoms with Crippen LogP contribution in [0.1, 0.15) is 79.7 Å². The van der Waals surface area contributed by atoms with Gasteiger partial charge in [0.25, 0.3) is 0 Å². The second kappa shape index (κ2) is 30.5. The first-order valence-electron chi connectivity index (χ1n) is 23.0. The molecule has 21 nitrogen and oxygen atoms in total. The van der Waals surface area contributed by atoms with Gasteiger partial charge in [0.05, 0.1) is 37.1 Å². The van der Waals surface area contributed by atoms with Crippen LogP contribution in [0.2, 0.25) is 0 Å². The van der Waals surface area contributed by atoms with Crippen LogP contribution in [0.3, 0.4) is 0 Å². The zero-order chi connectivity index (χ0) is 52.9. The van der Waals surface area contributed by atoms with E-state index in [1.165, 1.54) is 13.8 Å². The number of nitrogens with one attached hydrogen (secondary N) is 8. The monoisotopic (exact) mass is 1040 g/mol. The van der Waals surface area contributed by atoms with Gasteiger partial charge in [0.15, 0.2) is 11.6 Å². The molecule has 0 bridgehead atoms. The lowest BCUT2D eigenvalue weighted by atomic mass is 9.86. The number of aromatic amines is 1. The maximum absolute atomic E-state index is 14.7. The molecule has 392 valence electrons. The van der Waals surface area contributed by atoms with Gasteiger partial charge in [0, 0.05) is 47.0 Å². The normalized spacial score (nSPS) is 15.6. The van der Waals surface area contributed by atoms with Crippen molar-refractivity contribution in [1.29, 1.82) is 0 Å². The average molecular weight is 1040 g/mol. The van der Waals surface area contributed by atoms with E-state index in [1.807, 2.05) is 18.2 Å². The zero-order valence-electron chi connectivity index (χ0n) is 41.1. The van der Waals surface area contributed by atoms with E-state index >= 15 is 0 Å². The number of aliphatic hydroxyl groups excluding tert-OH is 3. The number of rotatable bonds is 34. The summed E-state index contributed by atoms with van der Waals surface area (Å²) in [5.41, 5.74) is 5.68. The van der Waals surface area contributed by atoms with Crippen molar-refractivity contribution in [1.82, 2.24) is 41.6 Å². The van der Waals surface area contributed by atoms with Crippen LogP contribution >= 0.6 is 34.4 Å². The molecule has 1 aromatic carbocycles. The molecule has 2 aromatic rings. The quantitative estimate of drug-likeness (QED) is 0.0237. The number of thiol groups is 1. The summed E-state index contributed by atoms with van der Waals surface area (Å²) in [6, 6.07) is 1.54. The van der Waals surface area contributed by atoms with E-state index in [9.17, 15) is 58.5 Å². The summed E-state index contributed by atoms with van der Waals surface area (Å²) < 4.78 is 2.87. The van der Waals surface area contributed by atoms with Crippen molar-refractivity contribution in [3.63, 3.8) is 0 Å². The number of aromatic nitrogens is 1. The predicted octanol–water partition coefficient (Wildman–Crippen LogP) is -0.594. The number of aliphatic hydroxyl groups is 3. The number of carbonyl (C=O) groups excluding carboxylic acids is 9. The summed E-state index contributed by atoms with van der Waals surface area (Å²) in [6.07, 6.45) is -1.41. The van der Waals surface area contributed by atoms with Crippen LogP contribution in [-0.2, 0) is 49.6 Å². The molecule has 0 radical (unpaired) electrons. The second-order valence-corrected chi connectivity index (χ2v) is 21.1. The Morgan fingerprint density at radius 1 is 0.857 bits per heavy atom. The van der Waals surface area contributed by atoms with Crippen molar-refractivity contribution in [2.45, 2.75) is 128 Å². The van der Waals surface area contributed by atoms with Crippen molar-refractivity contribution in [2.24, 2.45) is 23.0 Å². The van der Waals surface area contributed by atoms with E-state index in [0.29, 0.717) is 18.5 Å². The third-order valence-electron chi connectivity index (χ3n) is 11.3. The summed E-state index contributed by atoms with van der Waals surface area (Å²) in [5, 5.41) is 46.6. The number of amides is 5. The van der Waals surface area contributed by atoms with Crippen LogP contribution < -0.4 is 42.4 Å². The van der Waals surface area contributed by atoms with Gasteiger partial charge in [-0.3, -0.25) is 43.2 Å². The number of ketones is 4. The number of hydrogen-bond donors (Lipinski definition) is 13. The topological polar surface area (TPSA) is 340 Å². The standard InChI is InChI=1S/C46H73N9O12S3/c1-24(2)39(61)40(62)36(69-70-55-35(23-68)44(66)51-21-37(60)54-38(26(4)58)42(47)64)18-27(13-14-29(59)20-50-31(25(3)57)15-16-48-8)43(65)52-33(17-28-19-49-32-12-10-9-11-30(28)32)45(67)53-34(22-56)41(63)46(5,6)7/h9-12,19,24,26-27,31,33-36,38-39,48-50,55-56,58,61,68H,13-18,20-23H2,1-8H3,(H2,47,64)(H,51,66)(H,52,65)(H,53,67)(H,54,60)/t26-,27+,31+,33+,34+,35?,36?,38+,39+/m1/s1. The van der Waals surface area contributed by atoms with Crippen LogP contribution in [0.25, 0.3) is 10.9 Å². The van der Waals surface area contributed by atoms with Gasteiger partial charge in [-0.05, 0) is 75.2 Å². The van der Waals surface area contributed by atoms with Gasteiger partial charge in [-0.2, -0.15) is 12.6 Å². The lowest BCUT2D eigenvalue weighted by Crippen LogP contribution is -2.56. The molecule has 2 rings (SSSR count). The van der Waals surface area contributed by atoms with E-state index in [1.54, 1.807) is 53.9 Å². The minimum absolute atomic E-state index is 0.0812. The third kappa shape index (κ3) is 20.4. The van der Waals surface area contributed by atoms with Crippen molar-refractivity contribution in [3.8, 4) is 0 Å². The molecule has 0 saturated heterocycles. The van der Waals surface area contributed by atoms with Crippen LogP contribution in [0, 0.1) is 17.3 Å². The molecular formula is C46H73N9O12S3. The molecule has 0 aliphatic carbocycles. The number of hydrogen-bond acceptors (Lipinski definition) is 18. The first kappa shape index (κ1) is 61.7. The molecule has 2 unspecified atom stereocenters.